The minimum atomic E-state index is -0.254. The highest BCUT2D eigenvalue weighted by molar-refractivity contribution is 5.94. The highest BCUT2D eigenvalue weighted by atomic mass is 16.5. The first kappa shape index (κ1) is 10.4. The Labute approximate surface area is 92.7 Å². The van der Waals surface area contributed by atoms with Gasteiger partial charge in [-0.15, -0.1) is 4.80 Å². The van der Waals surface area contributed by atoms with Gasteiger partial charge in [0.2, 0.25) is 0 Å². The summed E-state index contributed by atoms with van der Waals surface area (Å²) in [5.41, 5.74) is 1.23. The van der Waals surface area contributed by atoms with Crippen LogP contribution in [0.15, 0.2) is 30.5 Å². The number of nitrogens with zero attached hydrogens (tertiary/aromatic N) is 3. The standard InChI is InChI=1S/C11H11N3O2/c1-8-7-12-14(13-8)11(15)9-3-5-10(16-2)6-4-9/h3-7H,1-2H3. The zero-order valence-corrected chi connectivity index (χ0v) is 9.04. The van der Waals surface area contributed by atoms with Crippen molar-refractivity contribution in [3.05, 3.63) is 41.7 Å². The number of rotatable bonds is 2. The zero-order chi connectivity index (χ0) is 11.5. The Bertz CT molecular complexity index is 502. The predicted molar refractivity (Wildman–Crippen MR) is 57.5 cm³/mol. The molecule has 0 amide bonds. The van der Waals surface area contributed by atoms with E-state index in [1.807, 2.05) is 0 Å². The number of methoxy groups -OCH3 is 1. The van der Waals surface area contributed by atoms with Crippen molar-refractivity contribution in [2.45, 2.75) is 6.92 Å². The van der Waals surface area contributed by atoms with Crippen molar-refractivity contribution in [1.82, 2.24) is 15.0 Å². The maximum absolute atomic E-state index is 11.9. The SMILES string of the molecule is COc1ccc(C(=O)n2ncc(C)n2)cc1. The van der Waals surface area contributed by atoms with Crippen molar-refractivity contribution >= 4 is 5.91 Å². The summed E-state index contributed by atoms with van der Waals surface area (Å²) in [5.74, 6) is 0.455. The van der Waals surface area contributed by atoms with Crippen LogP contribution in [0.4, 0.5) is 0 Å². The van der Waals surface area contributed by atoms with Crippen LogP contribution in [0.3, 0.4) is 0 Å². The van der Waals surface area contributed by atoms with Gasteiger partial charge in [0.05, 0.1) is 19.0 Å². The fourth-order valence-corrected chi connectivity index (χ4v) is 1.29. The zero-order valence-electron chi connectivity index (χ0n) is 9.04. The molecule has 0 aliphatic rings. The first-order chi connectivity index (χ1) is 7.70. The third-order valence-electron chi connectivity index (χ3n) is 2.13. The molecule has 16 heavy (non-hydrogen) atoms. The first-order valence-electron chi connectivity index (χ1n) is 4.78. The summed E-state index contributed by atoms with van der Waals surface area (Å²) < 4.78 is 5.01. The fourth-order valence-electron chi connectivity index (χ4n) is 1.29. The molecule has 0 unspecified atom stereocenters. The molecule has 0 spiro atoms. The summed E-state index contributed by atoms with van der Waals surface area (Å²) >= 11 is 0. The lowest BCUT2D eigenvalue weighted by Gasteiger charge is -2.01. The highest BCUT2D eigenvalue weighted by Crippen LogP contribution is 2.11. The third kappa shape index (κ3) is 1.93. The third-order valence-corrected chi connectivity index (χ3v) is 2.13. The van der Waals surface area contributed by atoms with E-state index in [1.165, 1.54) is 0 Å². The Hall–Kier alpha value is -2.17. The number of aryl methyl sites for hydroxylation is 1. The van der Waals surface area contributed by atoms with Gasteiger partial charge in [-0.05, 0) is 31.2 Å². The second kappa shape index (κ2) is 4.14. The molecule has 0 saturated carbocycles. The van der Waals surface area contributed by atoms with E-state index >= 15 is 0 Å². The van der Waals surface area contributed by atoms with Crippen LogP contribution < -0.4 is 4.74 Å². The molecule has 0 N–H and O–H groups in total. The van der Waals surface area contributed by atoms with Crippen LogP contribution >= 0.6 is 0 Å². The van der Waals surface area contributed by atoms with Gasteiger partial charge in [-0.25, -0.2) is 0 Å². The van der Waals surface area contributed by atoms with Gasteiger partial charge < -0.3 is 4.74 Å². The van der Waals surface area contributed by atoms with Crippen LogP contribution in [0, 0.1) is 6.92 Å². The maximum Gasteiger partial charge on any atom is 0.295 e. The number of benzene rings is 1. The molecule has 0 atom stereocenters. The number of carbonyl (C=O) groups excluding carboxylic acids is 1. The molecule has 0 aliphatic heterocycles. The monoisotopic (exact) mass is 217 g/mol. The van der Waals surface area contributed by atoms with Gasteiger partial charge in [-0.1, -0.05) is 0 Å². The number of hydrogen-bond acceptors (Lipinski definition) is 4. The van der Waals surface area contributed by atoms with E-state index in [0.29, 0.717) is 17.0 Å². The fraction of sp³-hybridized carbons (Fsp3) is 0.182. The van der Waals surface area contributed by atoms with Crippen molar-refractivity contribution in [3.63, 3.8) is 0 Å². The summed E-state index contributed by atoms with van der Waals surface area (Å²) in [5, 5.41) is 7.81. The summed E-state index contributed by atoms with van der Waals surface area (Å²) in [4.78, 5) is 12.9. The minimum Gasteiger partial charge on any atom is -0.497 e. The molecule has 0 saturated heterocycles. The Balaban J connectivity index is 2.27. The van der Waals surface area contributed by atoms with Gasteiger partial charge in [0.1, 0.15) is 5.75 Å². The summed E-state index contributed by atoms with van der Waals surface area (Å²) in [7, 11) is 1.58. The Kier molecular flexibility index (Phi) is 2.68. The van der Waals surface area contributed by atoms with Gasteiger partial charge in [0.25, 0.3) is 5.91 Å². The first-order valence-corrected chi connectivity index (χ1v) is 4.78. The van der Waals surface area contributed by atoms with E-state index in [-0.39, 0.29) is 5.91 Å². The molecule has 2 aromatic rings. The van der Waals surface area contributed by atoms with Crippen LogP contribution in [0.2, 0.25) is 0 Å². The van der Waals surface area contributed by atoms with Gasteiger partial charge in [-0.2, -0.15) is 10.2 Å². The van der Waals surface area contributed by atoms with Gasteiger partial charge in [0, 0.05) is 5.56 Å². The van der Waals surface area contributed by atoms with Crippen LogP contribution in [0.5, 0.6) is 5.75 Å². The van der Waals surface area contributed by atoms with Crippen LogP contribution in [0.1, 0.15) is 16.1 Å². The van der Waals surface area contributed by atoms with E-state index < -0.39 is 0 Å². The van der Waals surface area contributed by atoms with Crippen molar-refractivity contribution in [2.75, 3.05) is 7.11 Å². The number of hydrogen-bond donors (Lipinski definition) is 0. The molecular weight excluding hydrogens is 206 g/mol. The lowest BCUT2D eigenvalue weighted by atomic mass is 10.2. The van der Waals surface area contributed by atoms with E-state index in [1.54, 1.807) is 44.5 Å². The highest BCUT2D eigenvalue weighted by Gasteiger charge is 2.10. The molecular formula is C11H11N3O2. The van der Waals surface area contributed by atoms with Gasteiger partial charge in [0.15, 0.2) is 0 Å². The number of ether oxygens (including phenoxy) is 1. The number of aromatic nitrogens is 3. The van der Waals surface area contributed by atoms with Crippen molar-refractivity contribution in [1.29, 1.82) is 0 Å². The van der Waals surface area contributed by atoms with E-state index in [0.717, 1.165) is 4.80 Å². The molecule has 1 aromatic carbocycles. The molecule has 5 nitrogen and oxygen atoms in total. The average molecular weight is 217 g/mol. The second-order valence-corrected chi connectivity index (χ2v) is 3.31. The average Bonchev–Trinajstić information content (AvgIpc) is 2.75. The summed E-state index contributed by atoms with van der Waals surface area (Å²) in [6.07, 6.45) is 1.54. The van der Waals surface area contributed by atoms with Gasteiger partial charge in [-0.3, -0.25) is 4.79 Å². The topological polar surface area (TPSA) is 57.0 Å². The molecule has 2 rings (SSSR count). The quantitative estimate of drug-likeness (QED) is 0.760. The van der Waals surface area contributed by atoms with Crippen molar-refractivity contribution < 1.29 is 9.53 Å². The normalized spacial score (nSPS) is 10.1. The molecule has 1 aromatic heterocycles. The van der Waals surface area contributed by atoms with Crippen LogP contribution in [-0.2, 0) is 0 Å². The molecule has 82 valence electrons. The summed E-state index contributed by atoms with van der Waals surface area (Å²) in [6.45, 7) is 1.78. The molecule has 0 radical (unpaired) electrons. The predicted octanol–water partition coefficient (Wildman–Crippen LogP) is 1.28. The van der Waals surface area contributed by atoms with Crippen LogP contribution in [-0.4, -0.2) is 28.0 Å². The molecule has 0 aliphatic carbocycles. The lowest BCUT2D eigenvalue weighted by molar-refractivity contribution is 0.0927. The lowest BCUT2D eigenvalue weighted by Crippen LogP contribution is -2.15. The second-order valence-electron chi connectivity index (χ2n) is 3.31. The number of carbonyl (C=O) groups is 1. The van der Waals surface area contributed by atoms with Gasteiger partial charge >= 0.3 is 0 Å². The summed E-state index contributed by atoms with van der Waals surface area (Å²) in [6, 6.07) is 6.81. The van der Waals surface area contributed by atoms with Crippen molar-refractivity contribution in [3.8, 4) is 5.75 Å². The van der Waals surface area contributed by atoms with E-state index in [9.17, 15) is 4.79 Å². The Morgan fingerprint density at radius 2 is 2.00 bits per heavy atom. The maximum atomic E-state index is 11.9. The van der Waals surface area contributed by atoms with E-state index in [2.05, 4.69) is 10.2 Å². The molecule has 0 bridgehead atoms. The van der Waals surface area contributed by atoms with E-state index in [4.69, 9.17) is 4.74 Å². The van der Waals surface area contributed by atoms with Crippen LogP contribution in [0.25, 0.3) is 0 Å². The largest absolute Gasteiger partial charge is 0.497 e. The minimum absolute atomic E-state index is 0.254. The molecule has 1 heterocycles. The Morgan fingerprint density at radius 1 is 1.31 bits per heavy atom. The molecule has 0 fully saturated rings. The van der Waals surface area contributed by atoms with Crippen molar-refractivity contribution in [2.24, 2.45) is 0 Å². The smallest absolute Gasteiger partial charge is 0.295 e. The molecule has 5 heteroatoms. The Morgan fingerprint density at radius 3 is 2.50 bits per heavy atom.